The quantitative estimate of drug-likeness (QED) is 0.585. The largest absolute Gasteiger partial charge is 1.00 e. The molecular weight excluding hydrogens is 188 g/mol. The van der Waals surface area contributed by atoms with Crippen molar-refractivity contribution < 1.29 is 17.2 Å². The molecule has 3 nitrogen and oxygen atoms in total. The number of rotatable bonds is 2. The number of hydrogen-bond donors (Lipinski definition) is 1. The number of nitrogens with zero attached hydrogens (tertiary/aromatic N) is 1. The maximum Gasteiger partial charge on any atom is 0.245 e. The van der Waals surface area contributed by atoms with Gasteiger partial charge in [-0.3, -0.25) is 4.79 Å². The average molecular weight is 209 g/mol. The van der Waals surface area contributed by atoms with Crippen LogP contribution in [-0.4, -0.2) is 24.4 Å². The first-order valence-corrected chi connectivity index (χ1v) is 3.74. The third-order valence-electron chi connectivity index (χ3n) is 1.26. The van der Waals surface area contributed by atoms with Gasteiger partial charge in [0.05, 0.1) is 0 Å². The van der Waals surface area contributed by atoms with Crippen LogP contribution < -0.4 is 18.6 Å². The number of carbonyl (C=O) groups excluding carboxylic acids is 1. The van der Waals surface area contributed by atoms with Crippen LogP contribution >= 0.6 is 0 Å². The molecule has 0 radical (unpaired) electrons. The third-order valence-corrected chi connectivity index (χ3v) is 1.26. The first-order chi connectivity index (χ1) is 4.87. The molecule has 4 heteroatoms. The molecular formula is C9H21ClN2O. The van der Waals surface area contributed by atoms with Gasteiger partial charge < -0.3 is 23.5 Å². The van der Waals surface area contributed by atoms with E-state index >= 15 is 0 Å². The molecule has 0 bridgehead atoms. The van der Waals surface area contributed by atoms with E-state index in [-0.39, 0.29) is 29.9 Å². The van der Waals surface area contributed by atoms with Crippen molar-refractivity contribution in [1.82, 2.24) is 11.1 Å². The normalized spacial score (nSPS) is 9.23. The minimum absolute atomic E-state index is 0. The van der Waals surface area contributed by atoms with Gasteiger partial charge in [-0.15, -0.1) is 0 Å². The molecule has 0 saturated heterocycles. The SMILES string of the molecule is C=CC(=O)N(C)CC(C)(C)C.[Cl-].[NH4+]. The average Bonchev–Trinajstić information content (AvgIpc) is 1.82. The predicted octanol–water partition coefficient (Wildman–Crippen LogP) is -0.943. The molecule has 0 aromatic carbocycles. The molecule has 0 fully saturated rings. The summed E-state index contributed by atoms with van der Waals surface area (Å²) in [6, 6.07) is 0. The molecule has 0 aromatic rings. The van der Waals surface area contributed by atoms with E-state index in [1.54, 1.807) is 11.9 Å². The summed E-state index contributed by atoms with van der Waals surface area (Å²) in [6.45, 7) is 10.5. The fourth-order valence-corrected chi connectivity index (χ4v) is 0.945. The summed E-state index contributed by atoms with van der Waals surface area (Å²) >= 11 is 0. The lowest BCUT2D eigenvalue weighted by molar-refractivity contribution is -0.125. The molecule has 0 aliphatic carbocycles. The Hall–Kier alpha value is -0.540. The first-order valence-electron chi connectivity index (χ1n) is 3.74. The minimum atomic E-state index is -0.0140. The van der Waals surface area contributed by atoms with Gasteiger partial charge in [0.25, 0.3) is 0 Å². The monoisotopic (exact) mass is 208 g/mol. The van der Waals surface area contributed by atoms with Crippen molar-refractivity contribution in [1.29, 1.82) is 0 Å². The van der Waals surface area contributed by atoms with Crippen LogP contribution in [0.15, 0.2) is 12.7 Å². The highest BCUT2D eigenvalue weighted by atomic mass is 35.5. The van der Waals surface area contributed by atoms with Crippen LogP contribution in [0.25, 0.3) is 0 Å². The molecule has 0 heterocycles. The van der Waals surface area contributed by atoms with Gasteiger partial charge in [0.2, 0.25) is 5.91 Å². The zero-order valence-electron chi connectivity index (χ0n) is 9.22. The number of quaternary nitrogens is 1. The number of amides is 1. The van der Waals surface area contributed by atoms with E-state index < -0.39 is 0 Å². The van der Waals surface area contributed by atoms with E-state index in [0.717, 1.165) is 6.54 Å². The fraction of sp³-hybridized carbons (Fsp3) is 0.667. The van der Waals surface area contributed by atoms with E-state index in [4.69, 9.17) is 0 Å². The van der Waals surface area contributed by atoms with Crippen LogP contribution in [0.2, 0.25) is 0 Å². The molecule has 0 spiro atoms. The van der Waals surface area contributed by atoms with Crippen molar-refractivity contribution >= 4 is 5.91 Å². The Morgan fingerprint density at radius 1 is 1.46 bits per heavy atom. The van der Waals surface area contributed by atoms with E-state index in [1.165, 1.54) is 6.08 Å². The summed E-state index contributed by atoms with van der Waals surface area (Å²) in [7, 11) is 1.79. The van der Waals surface area contributed by atoms with Gasteiger partial charge in [0.15, 0.2) is 0 Å². The first kappa shape index (κ1) is 18.3. The van der Waals surface area contributed by atoms with E-state index in [1.807, 2.05) is 0 Å². The highest BCUT2D eigenvalue weighted by molar-refractivity contribution is 5.86. The second kappa shape index (κ2) is 6.92. The van der Waals surface area contributed by atoms with E-state index in [2.05, 4.69) is 27.4 Å². The van der Waals surface area contributed by atoms with Crippen LogP contribution in [0.4, 0.5) is 0 Å². The van der Waals surface area contributed by atoms with Crippen molar-refractivity contribution in [2.45, 2.75) is 20.8 Å². The van der Waals surface area contributed by atoms with Crippen molar-refractivity contribution in [2.75, 3.05) is 13.6 Å². The summed E-state index contributed by atoms with van der Waals surface area (Å²) in [5.41, 5.74) is 0.160. The van der Waals surface area contributed by atoms with Crippen LogP contribution in [0.3, 0.4) is 0 Å². The summed E-state index contributed by atoms with van der Waals surface area (Å²) in [5.74, 6) is -0.0140. The van der Waals surface area contributed by atoms with Crippen LogP contribution in [0, 0.1) is 5.41 Å². The maximum atomic E-state index is 11.0. The van der Waals surface area contributed by atoms with E-state index in [0.29, 0.717) is 0 Å². The lowest BCUT2D eigenvalue weighted by atomic mass is 9.96. The molecule has 0 aliphatic heterocycles. The van der Waals surface area contributed by atoms with Crippen molar-refractivity contribution in [2.24, 2.45) is 5.41 Å². The van der Waals surface area contributed by atoms with Gasteiger partial charge in [-0.25, -0.2) is 0 Å². The lowest BCUT2D eigenvalue weighted by Crippen LogP contribution is -3.00. The van der Waals surface area contributed by atoms with Crippen molar-refractivity contribution in [3.05, 3.63) is 12.7 Å². The summed E-state index contributed by atoms with van der Waals surface area (Å²) in [4.78, 5) is 12.7. The smallest absolute Gasteiger partial charge is 0.245 e. The molecule has 4 N–H and O–H groups in total. The summed E-state index contributed by atoms with van der Waals surface area (Å²) in [6.07, 6.45) is 1.34. The summed E-state index contributed by atoms with van der Waals surface area (Å²) in [5, 5.41) is 0. The molecule has 0 saturated carbocycles. The molecule has 0 unspecified atom stereocenters. The second-order valence-corrected chi connectivity index (χ2v) is 3.96. The molecule has 80 valence electrons. The summed E-state index contributed by atoms with van der Waals surface area (Å²) < 4.78 is 0. The third kappa shape index (κ3) is 9.37. The van der Waals surface area contributed by atoms with Gasteiger partial charge in [0, 0.05) is 13.6 Å². The Labute approximate surface area is 87.2 Å². The molecule has 0 atom stereocenters. The van der Waals surface area contributed by atoms with Crippen molar-refractivity contribution in [3.63, 3.8) is 0 Å². The van der Waals surface area contributed by atoms with Crippen LogP contribution in [0.5, 0.6) is 0 Å². The van der Waals surface area contributed by atoms with E-state index in [9.17, 15) is 4.79 Å². The van der Waals surface area contributed by atoms with Crippen LogP contribution in [-0.2, 0) is 4.79 Å². The molecule has 0 aromatic heterocycles. The Bertz CT molecular complexity index is 163. The Morgan fingerprint density at radius 2 is 1.85 bits per heavy atom. The zero-order chi connectivity index (χ0) is 9.07. The molecule has 13 heavy (non-hydrogen) atoms. The number of hydrogen-bond acceptors (Lipinski definition) is 1. The van der Waals surface area contributed by atoms with Crippen LogP contribution in [0.1, 0.15) is 20.8 Å². The Balaban J connectivity index is -0.000000500. The van der Waals surface area contributed by atoms with Crippen molar-refractivity contribution in [3.8, 4) is 0 Å². The number of halogens is 1. The molecule has 0 rings (SSSR count). The topological polar surface area (TPSA) is 56.8 Å². The second-order valence-electron chi connectivity index (χ2n) is 3.96. The predicted molar refractivity (Wildman–Crippen MR) is 53.3 cm³/mol. The van der Waals surface area contributed by atoms with Gasteiger partial charge in [-0.1, -0.05) is 27.4 Å². The molecule has 1 amide bonds. The maximum absolute atomic E-state index is 11.0. The highest BCUT2D eigenvalue weighted by Gasteiger charge is 2.15. The van der Waals surface area contributed by atoms with Gasteiger partial charge in [-0.05, 0) is 11.5 Å². The van der Waals surface area contributed by atoms with Gasteiger partial charge >= 0.3 is 0 Å². The lowest BCUT2D eigenvalue weighted by Gasteiger charge is -2.25. The fourth-order valence-electron chi connectivity index (χ4n) is 0.945. The Kier molecular flexibility index (Phi) is 9.73. The highest BCUT2D eigenvalue weighted by Crippen LogP contribution is 2.13. The molecule has 0 aliphatic rings. The number of carbonyl (C=O) groups is 1. The van der Waals surface area contributed by atoms with Gasteiger partial charge in [0.1, 0.15) is 0 Å². The standard InChI is InChI=1S/C9H17NO.ClH.H3N/c1-6-8(11)10(5)7-9(2,3)4;;/h6H,1,7H2,2-5H3;1H;1H3. The number of likely N-dealkylation sites (N-methyl/N-ethyl adjacent to an activating group) is 1. The zero-order valence-corrected chi connectivity index (χ0v) is 9.98. The minimum Gasteiger partial charge on any atom is -1.00 e. The van der Waals surface area contributed by atoms with Gasteiger partial charge in [-0.2, -0.15) is 0 Å². The Morgan fingerprint density at radius 3 is 2.08 bits per heavy atom.